The molecule has 0 aliphatic rings. The van der Waals surface area contributed by atoms with Gasteiger partial charge in [0.1, 0.15) is 11.6 Å². The fourth-order valence-electron chi connectivity index (χ4n) is 1.83. The van der Waals surface area contributed by atoms with Crippen LogP contribution in [0.4, 0.5) is 11.4 Å². The van der Waals surface area contributed by atoms with Crippen LogP contribution in [0.25, 0.3) is 0 Å². The zero-order valence-corrected chi connectivity index (χ0v) is 10.6. The maximum atomic E-state index is 5.79. The molecule has 2 aromatic rings. The molecule has 0 spiro atoms. The molecule has 5 heteroatoms. The summed E-state index contributed by atoms with van der Waals surface area (Å²) in [6, 6.07) is 5.80. The number of aromatic amines is 1. The summed E-state index contributed by atoms with van der Waals surface area (Å²) in [5.74, 6) is 1.60. The van der Waals surface area contributed by atoms with Crippen molar-refractivity contribution in [2.75, 3.05) is 18.2 Å². The zero-order valence-electron chi connectivity index (χ0n) is 10.6. The lowest BCUT2D eigenvalue weighted by molar-refractivity contribution is 0.417. The van der Waals surface area contributed by atoms with Crippen LogP contribution in [0.3, 0.4) is 0 Å². The Kier molecular flexibility index (Phi) is 3.72. The van der Waals surface area contributed by atoms with Crippen molar-refractivity contribution in [3.8, 4) is 5.75 Å². The number of hydrogen-bond acceptors (Lipinski definition) is 4. The molecule has 4 N–H and O–H groups in total. The summed E-state index contributed by atoms with van der Waals surface area (Å²) in [5, 5.41) is 3.40. The molecule has 0 saturated heterocycles. The number of hydrogen-bond donors (Lipinski definition) is 3. The van der Waals surface area contributed by atoms with Crippen molar-refractivity contribution >= 4 is 11.4 Å². The Bertz CT molecular complexity index is 496. The number of rotatable bonds is 5. The van der Waals surface area contributed by atoms with E-state index in [1.54, 1.807) is 13.3 Å². The van der Waals surface area contributed by atoms with Crippen LogP contribution in [0.5, 0.6) is 5.75 Å². The van der Waals surface area contributed by atoms with Gasteiger partial charge in [-0.05, 0) is 18.6 Å². The molecule has 0 radical (unpaired) electrons. The Labute approximate surface area is 106 Å². The molecule has 1 unspecified atom stereocenters. The topological polar surface area (TPSA) is 76.0 Å². The molecule has 1 aromatic heterocycles. The minimum atomic E-state index is 0.147. The Morgan fingerprint density at radius 1 is 1.50 bits per heavy atom. The van der Waals surface area contributed by atoms with Crippen molar-refractivity contribution in [1.82, 2.24) is 9.97 Å². The van der Waals surface area contributed by atoms with Crippen LogP contribution in [-0.2, 0) is 0 Å². The second kappa shape index (κ2) is 5.44. The van der Waals surface area contributed by atoms with Gasteiger partial charge in [0.15, 0.2) is 0 Å². The zero-order chi connectivity index (χ0) is 13.0. The summed E-state index contributed by atoms with van der Waals surface area (Å²) in [6.45, 7) is 2.11. The first-order valence-corrected chi connectivity index (χ1v) is 5.94. The Balaban J connectivity index is 2.17. The van der Waals surface area contributed by atoms with Gasteiger partial charge in [-0.25, -0.2) is 4.98 Å². The van der Waals surface area contributed by atoms with Crippen molar-refractivity contribution in [3.63, 3.8) is 0 Å². The van der Waals surface area contributed by atoms with Gasteiger partial charge in [-0.2, -0.15) is 0 Å². The van der Waals surface area contributed by atoms with Crippen LogP contribution in [0.15, 0.2) is 30.6 Å². The molecule has 18 heavy (non-hydrogen) atoms. The smallest absolute Gasteiger partial charge is 0.143 e. The molecule has 1 atom stereocenters. The quantitative estimate of drug-likeness (QED) is 0.709. The number of nitrogens with two attached hydrogens (primary N) is 1. The van der Waals surface area contributed by atoms with E-state index in [0.29, 0.717) is 11.4 Å². The first-order valence-electron chi connectivity index (χ1n) is 5.94. The number of methoxy groups -OCH3 is 1. The highest BCUT2D eigenvalue weighted by molar-refractivity contribution is 5.61. The van der Waals surface area contributed by atoms with E-state index >= 15 is 0 Å². The summed E-state index contributed by atoms with van der Waals surface area (Å²) < 4.78 is 5.20. The normalized spacial score (nSPS) is 12.1. The molecule has 2 rings (SSSR count). The first-order chi connectivity index (χ1) is 8.74. The average molecular weight is 246 g/mol. The minimum Gasteiger partial charge on any atom is -0.495 e. The summed E-state index contributed by atoms with van der Waals surface area (Å²) in [5.41, 5.74) is 7.38. The van der Waals surface area contributed by atoms with Gasteiger partial charge in [-0.3, -0.25) is 0 Å². The van der Waals surface area contributed by atoms with Crippen LogP contribution < -0.4 is 15.8 Å². The minimum absolute atomic E-state index is 0.147. The summed E-state index contributed by atoms with van der Waals surface area (Å²) in [7, 11) is 1.61. The summed E-state index contributed by atoms with van der Waals surface area (Å²) >= 11 is 0. The van der Waals surface area contributed by atoms with Crippen LogP contribution in [0.2, 0.25) is 0 Å². The van der Waals surface area contributed by atoms with E-state index in [9.17, 15) is 0 Å². The first kappa shape index (κ1) is 12.3. The molecule has 0 amide bonds. The van der Waals surface area contributed by atoms with Crippen molar-refractivity contribution in [1.29, 1.82) is 0 Å². The van der Waals surface area contributed by atoms with Crippen molar-refractivity contribution < 1.29 is 4.74 Å². The number of nitrogens with zero attached hydrogens (tertiary/aromatic N) is 1. The number of H-pyrrole nitrogens is 1. The third kappa shape index (κ3) is 2.56. The molecule has 96 valence electrons. The Morgan fingerprint density at radius 2 is 2.33 bits per heavy atom. The molecule has 1 aromatic carbocycles. The van der Waals surface area contributed by atoms with Gasteiger partial charge in [-0.15, -0.1) is 0 Å². The van der Waals surface area contributed by atoms with Crippen LogP contribution in [-0.4, -0.2) is 17.1 Å². The third-order valence-electron chi connectivity index (χ3n) is 2.83. The highest BCUT2D eigenvalue weighted by Gasteiger charge is 2.12. The molecule has 0 saturated carbocycles. The highest BCUT2D eigenvalue weighted by atomic mass is 16.5. The highest BCUT2D eigenvalue weighted by Crippen LogP contribution is 2.27. The van der Waals surface area contributed by atoms with Gasteiger partial charge in [0.05, 0.1) is 18.8 Å². The standard InChI is InChI=1S/C13H18N4O/c1-3-11(13-15-6-7-16-13)17-9-4-5-10(14)12(8-9)18-2/h4-8,11,17H,3,14H2,1-2H3,(H,15,16). The van der Waals surface area contributed by atoms with E-state index in [1.807, 2.05) is 24.4 Å². The molecular formula is C13H18N4O. The van der Waals surface area contributed by atoms with Gasteiger partial charge < -0.3 is 20.8 Å². The van der Waals surface area contributed by atoms with Gasteiger partial charge in [0.2, 0.25) is 0 Å². The van der Waals surface area contributed by atoms with E-state index < -0.39 is 0 Å². The number of nitrogens with one attached hydrogen (secondary N) is 2. The van der Waals surface area contributed by atoms with Crippen molar-refractivity contribution in [3.05, 3.63) is 36.4 Å². The van der Waals surface area contributed by atoms with Gasteiger partial charge in [0, 0.05) is 24.1 Å². The lowest BCUT2D eigenvalue weighted by Crippen LogP contribution is -2.11. The van der Waals surface area contributed by atoms with Crippen molar-refractivity contribution in [2.24, 2.45) is 0 Å². The maximum Gasteiger partial charge on any atom is 0.143 e. The van der Waals surface area contributed by atoms with Crippen LogP contribution in [0, 0.1) is 0 Å². The Morgan fingerprint density at radius 3 is 2.94 bits per heavy atom. The number of imidazole rings is 1. The SMILES string of the molecule is CCC(Nc1ccc(N)c(OC)c1)c1ncc[nH]1. The fourth-order valence-corrected chi connectivity index (χ4v) is 1.83. The number of ether oxygens (including phenoxy) is 1. The molecule has 5 nitrogen and oxygen atoms in total. The van der Waals surface area contributed by atoms with Gasteiger partial charge in [-0.1, -0.05) is 6.92 Å². The van der Waals surface area contributed by atoms with Gasteiger partial charge in [0.25, 0.3) is 0 Å². The van der Waals surface area contributed by atoms with Crippen LogP contribution >= 0.6 is 0 Å². The molecule has 0 bridgehead atoms. The third-order valence-corrected chi connectivity index (χ3v) is 2.83. The second-order valence-corrected chi connectivity index (χ2v) is 4.04. The van der Waals surface area contributed by atoms with Crippen molar-refractivity contribution in [2.45, 2.75) is 19.4 Å². The predicted molar refractivity (Wildman–Crippen MR) is 72.6 cm³/mol. The Hall–Kier alpha value is -2.17. The van der Waals surface area contributed by atoms with E-state index in [1.165, 1.54) is 0 Å². The van der Waals surface area contributed by atoms with E-state index in [2.05, 4.69) is 22.2 Å². The number of benzene rings is 1. The summed E-state index contributed by atoms with van der Waals surface area (Å²) in [4.78, 5) is 7.39. The lowest BCUT2D eigenvalue weighted by Gasteiger charge is -2.17. The molecule has 0 aliphatic carbocycles. The van der Waals surface area contributed by atoms with E-state index in [0.717, 1.165) is 17.9 Å². The fraction of sp³-hybridized carbons (Fsp3) is 0.308. The summed E-state index contributed by atoms with van der Waals surface area (Å²) in [6.07, 6.45) is 4.51. The largest absolute Gasteiger partial charge is 0.495 e. The predicted octanol–water partition coefficient (Wildman–Crippen LogP) is 2.56. The molecular weight excluding hydrogens is 228 g/mol. The monoisotopic (exact) mass is 246 g/mol. The van der Waals surface area contributed by atoms with Crippen LogP contribution in [0.1, 0.15) is 25.2 Å². The molecule has 0 fully saturated rings. The number of anilines is 2. The lowest BCUT2D eigenvalue weighted by atomic mass is 10.2. The van der Waals surface area contributed by atoms with E-state index in [-0.39, 0.29) is 6.04 Å². The van der Waals surface area contributed by atoms with E-state index in [4.69, 9.17) is 10.5 Å². The number of nitrogen functional groups attached to an aromatic ring is 1. The molecule has 0 aliphatic heterocycles. The maximum absolute atomic E-state index is 5.79. The average Bonchev–Trinajstić information content (AvgIpc) is 2.91. The number of aromatic nitrogens is 2. The van der Waals surface area contributed by atoms with Gasteiger partial charge >= 0.3 is 0 Å². The second-order valence-electron chi connectivity index (χ2n) is 4.04. The molecule has 1 heterocycles.